The molecule has 1 aromatic heterocycles. The first-order valence-corrected chi connectivity index (χ1v) is 6.79. The number of carboxylic acids is 1. The van der Waals surface area contributed by atoms with Crippen molar-refractivity contribution >= 4 is 21.8 Å². The number of hydrogen-bond acceptors (Lipinski definition) is 4. The topological polar surface area (TPSA) is 96.4 Å². The summed E-state index contributed by atoms with van der Waals surface area (Å²) in [5, 5.41) is 8.65. The van der Waals surface area contributed by atoms with Crippen molar-refractivity contribution in [3.05, 3.63) is 23.9 Å². The van der Waals surface area contributed by atoms with Crippen LogP contribution in [0.5, 0.6) is 0 Å². The molecule has 0 aliphatic rings. The van der Waals surface area contributed by atoms with Gasteiger partial charge in [0.05, 0.1) is 11.3 Å². The summed E-state index contributed by atoms with van der Waals surface area (Å²) < 4.78 is 25.3. The molecule has 1 aromatic rings. The molecule has 0 aliphatic carbocycles. The number of nitrogens with zero attached hydrogens (tertiary/aromatic N) is 1. The van der Waals surface area contributed by atoms with Crippen LogP contribution in [-0.2, 0) is 10.0 Å². The molecule has 0 saturated carbocycles. The van der Waals surface area contributed by atoms with Crippen molar-refractivity contribution in [3.8, 4) is 0 Å². The minimum atomic E-state index is -3.39. The van der Waals surface area contributed by atoms with E-state index in [-0.39, 0.29) is 17.1 Å². The van der Waals surface area contributed by atoms with E-state index in [4.69, 9.17) is 5.11 Å². The minimum Gasteiger partial charge on any atom is -0.478 e. The van der Waals surface area contributed by atoms with E-state index in [1.807, 2.05) is 6.92 Å². The number of rotatable bonds is 6. The summed E-state index contributed by atoms with van der Waals surface area (Å²) in [5.74, 6) is -0.935. The maximum absolute atomic E-state index is 11.5. The molecule has 17 heavy (non-hydrogen) atoms. The molecule has 1 heterocycles. The lowest BCUT2D eigenvalue weighted by molar-refractivity contribution is 0.0696. The van der Waals surface area contributed by atoms with E-state index in [1.54, 1.807) is 0 Å². The van der Waals surface area contributed by atoms with Gasteiger partial charge in [-0.05, 0) is 18.6 Å². The SMILES string of the molecule is CCCCS(=O)(=O)Nc1ccc(C(=O)O)cn1. The van der Waals surface area contributed by atoms with Crippen molar-refractivity contribution in [2.24, 2.45) is 0 Å². The number of aromatic carboxylic acids is 1. The van der Waals surface area contributed by atoms with Crippen LogP contribution in [0.4, 0.5) is 5.82 Å². The molecule has 94 valence electrons. The van der Waals surface area contributed by atoms with E-state index in [9.17, 15) is 13.2 Å². The number of anilines is 1. The fourth-order valence-electron chi connectivity index (χ4n) is 1.13. The fourth-order valence-corrected chi connectivity index (χ4v) is 2.34. The summed E-state index contributed by atoms with van der Waals surface area (Å²) in [6.45, 7) is 1.90. The average Bonchev–Trinajstić information content (AvgIpc) is 2.26. The van der Waals surface area contributed by atoms with Gasteiger partial charge in [0.25, 0.3) is 0 Å². The lowest BCUT2D eigenvalue weighted by Gasteiger charge is -2.06. The molecule has 0 saturated heterocycles. The highest BCUT2D eigenvalue weighted by atomic mass is 32.2. The Balaban J connectivity index is 2.72. The van der Waals surface area contributed by atoms with Gasteiger partial charge in [0.15, 0.2) is 0 Å². The molecular formula is C10H14N2O4S. The van der Waals surface area contributed by atoms with E-state index >= 15 is 0 Å². The van der Waals surface area contributed by atoms with Gasteiger partial charge in [-0.15, -0.1) is 0 Å². The van der Waals surface area contributed by atoms with Gasteiger partial charge in [-0.2, -0.15) is 0 Å². The first kappa shape index (κ1) is 13.4. The monoisotopic (exact) mass is 258 g/mol. The van der Waals surface area contributed by atoms with Crippen molar-refractivity contribution in [1.29, 1.82) is 0 Å². The van der Waals surface area contributed by atoms with E-state index in [2.05, 4.69) is 9.71 Å². The zero-order valence-electron chi connectivity index (χ0n) is 9.38. The summed E-state index contributed by atoms with van der Waals surface area (Å²) in [5.41, 5.74) is 0.0153. The average molecular weight is 258 g/mol. The summed E-state index contributed by atoms with van der Waals surface area (Å²) in [6.07, 6.45) is 2.47. The molecule has 1 rings (SSSR count). The van der Waals surface area contributed by atoms with Gasteiger partial charge >= 0.3 is 5.97 Å². The number of aromatic nitrogens is 1. The van der Waals surface area contributed by atoms with Crippen LogP contribution in [0.3, 0.4) is 0 Å². The normalized spacial score (nSPS) is 11.1. The van der Waals surface area contributed by atoms with Crippen molar-refractivity contribution in [3.63, 3.8) is 0 Å². The second kappa shape index (κ2) is 5.62. The Morgan fingerprint density at radius 2 is 2.18 bits per heavy atom. The number of nitrogens with one attached hydrogen (secondary N) is 1. The molecule has 6 nitrogen and oxygen atoms in total. The highest BCUT2D eigenvalue weighted by Crippen LogP contribution is 2.08. The molecule has 0 atom stereocenters. The Kier molecular flexibility index (Phi) is 4.45. The summed E-state index contributed by atoms with van der Waals surface area (Å²) >= 11 is 0. The second-order valence-electron chi connectivity index (χ2n) is 3.51. The third-order valence-electron chi connectivity index (χ3n) is 2.04. The van der Waals surface area contributed by atoms with Gasteiger partial charge in [-0.25, -0.2) is 18.2 Å². The van der Waals surface area contributed by atoms with E-state index in [1.165, 1.54) is 12.1 Å². The summed E-state index contributed by atoms with van der Waals surface area (Å²) in [7, 11) is -3.39. The van der Waals surface area contributed by atoms with Gasteiger partial charge in [0.1, 0.15) is 5.82 Å². The van der Waals surface area contributed by atoms with Crippen LogP contribution in [0.25, 0.3) is 0 Å². The maximum Gasteiger partial charge on any atom is 0.337 e. The third-order valence-corrected chi connectivity index (χ3v) is 3.38. The van der Waals surface area contributed by atoms with Crippen molar-refractivity contribution in [1.82, 2.24) is 4.98 Å². The predicted octanol–water partition coefficient (Wildman–Crippen LogP) is 1.32. The Morgan fingerprint density at radius 1 is 1.47 bits per heavy atom. The Bertz CT molecular complexity index is 482. The molecular weight excluding hydrogens is 244 g/mol. The predicted molar refractivity (Wildman–Crippen MR) is 63.5 cm³/mol. The lowest BCUT2D eigenvalue weighted by atomic mass is 10.3. The molecule has 0 unspecified atom stereocenters. The molecule has 0 aliphatic heterocycles. The first-order chi connectivity index (χ1) is 7.94. The number of carboxylic acid groups (broad SMARTS) is 1. The minimum absolute atomic E-state index is 0.0153. The van der Waals surface area contributed by atoms with Crippen molar-refractivity contribution in [2.75, 3.05) is 10.5 Å². The van der Waals surface area contributed by atoms with Crippen molar-refractivity contribution in [2.45, 2.75) is 19.8 Å². The van der Waals surface area contributed by atoms with E-state index < -0.39 is 16.0 Å². The number of carbonyl (C=O) groups is 1. The molecule has 0 aromatic carbocycles. The highest BCUT2D eigenvalue weighted by Gasteiger charge is 2.10. The number of unbranched alkanes of at least 4 members (excludes halogenated alkanes) is 1. The third kappa shape index (κ3) is 4.39. The molecule has 0 radical (unpaired) electrons. The molecule has 0 spiro atoms. The first-order valence-electron chi connectivity index (χ1n) is 5.14. The number of pyridine rings is 1. The van der Waals surface area contributed by atoms with E-state index in [0.717, 1.165) is 12.6 Å². The molecule has 0 amide bonds. The molecule has 7 heteroatoms. The van der Waals surface area contributed by atoms with Crippen LogP contribution >= 0.6 is 0 Å². The molecule has 2 N–H and O–H groups in total. The van der Waals surface area contributed by atoms with Gasteiger partial charge in [0.2, 0.25) is 10.0 Å². The zero-order valence-corrected chi connectivity index (χ0v) is 10.2. The largest absolute Gasteiger partial charge is 0.478 e. The van der Waals surface area contributed by atoms with Crippen LogP contribution in [-0.4, -0.2) is 30.2 Å². The van der Waals surface area contributed by atoms with Gasteiger partial charge in [0, 0.05) is 6.20 Å². The summed E-state index contributed by atoms with van der Waals surface area (Å²) in [4.78, 5) is 14.3. The summed E-state index contributed by atoms with van der Waals surface area (Å²) in [6, 6.07) is 2.62. The van der Waals surface area contributed by atoms with Gasteiger partial charge < -0.3 is 5.11 Å². The van der Waals surface area contributed by atoms with Crippen molar-refractivity contribution < 1.29 is 18.3 Å². The Labute approximate surface area is 99.7 Å². The highest BCUT2D eigenvalue weighted by molar-refractivity contribution is 7.92. The van der Waals surface area contributed by atoms with E-state index in [0.29, 0.717) is 6.42 Å². The van der Waals surface area contributed by atoms with Crippen LogP contribution in [0, 0.1) is 0 Å². The van der Waals surface area contributed by atoms with Crippen LogP contribution in [0.1, 0.15) is 30.1 Å². The smallest absolute Gasteiger partial charge is 0.337 e. The van der Waals surface area contributed by atoms with Gasteiger partial charge in [-0.3, -0.25) is 4.72 Å². The fraction of sp³-hybridized carbons (Fsp3) is 0.400. The lowest BCUT2D eigenvalue weighted by Crippen LogP contribution is -2.17. The maximum atomic E-state index is 11.5. The quantitative estimate of drug-likeness (QED) is 0.802. The zero-order chi connectivity index (χ0) is 12.9. The molecule has 0 bridgehead atoms. The number of sulfonamides is 1. The molecule has 0 fully saturated rings. The second-order valence-corrected chi connectivity index (χ2v) is 5.35. The standard InChI is InChI=1S/C10H14N2O4S/c1-2-3-6-17(15,16)12-9-5-4-8(7-11-9)10(13)14/h4-5,7H,2-3,6H2,1H3,(H,11,12)(H,13,14). The Hall–Kier alpha value is -1.63. The van der Waals surface area contributed by atoms with Crippen LogP contribution in [0.15, 0.2) is 18.3 Å². The van der Waals surface area contributed by atoms with Gasteiger partial charge in [-0.1, -0.05) is 13.3 Å². The van der Waals surface area contributed by atoms with Crippen LogP contribution < -0.4 is 4.72 Å². The Morgan fingerprint density at radius 3 is 2.65 bits per heavy atom. The number of hydrogen-bond donors (Lipinski definition) is 2. The van der Waals surface area contributed by atoms with Crippen LogP contribution in [0.2, 0.25) is 0 Å².